The van der Waals surface area contributed by atoms with E-state index in [1.54, 1.807) is 10.8 Å². The molecule has 0 radical (unpaired) electrons. The van der Waals surface area contributed by atoms with Crippen LogP contribution in [0, 0.1) is 5.92 Å². The first-order valence-electron chi connectivity index (χ1n) is 7.41. The van der Waals surface area contributed by atoms with Gasteiger partial charge in [0, 0.05) is 26.0 Å². The molecule has 3 aromatic rings. The molecule has 1 fully saturated rings. The zero-order valence-corrected chi connectivity index (χ0v) is 12.1. The van der Waals surface area contributed by atoms with Gasteiger partial charge in [0.1, 0.15) is 16.6 Å². The topological polar surface area (TPSA) is 99.1 Å². The van der Waals surface area contributed by atoms with Crippen molar-refractivity contribution in [3.05, 3.63) is 18.3 Å². The van der Waals surface area contributed by atoms with E-state index in [0.717, 1.165) is 31.6 Å². The molecule has 0 saturated carbocycles. The molecule has 22 heavy (non-hydrogen) atoms. The molecular weight excluding hydrogens is 282 g/mol. The highest BCUT2D eigenvalue weighted by molar-refractivity contribution is 6.04. The maximum atomic E-state index is 10.3. The van der Waals surface area contributed by atoms with Gasteiger partial charge in [-0.25, -0.2) is 4.98 Å². The Balaban J connectivity index is 1.91. The van der Waals surface area contributed by atoms with Gasteiger partial charge in [-0.2, -0.15) is 4.98 Å². The Morgan fingerprint density at radius 2 is 2.09 bits per heavy atom. The molecular formula is C15H17N5O2. The fraction of sp³-hybridized carbons (Fsp3) is 0.400. The molecule has 7 nitrogen and oxygen atoms in total. The van der Waals surface area contributed by atoms with E-state index in [9.17, 15) is 5.11 Å². The van der Waals surface area contributed by atoms with Gasteiger partial charge in [-0.1, -0.05) is 0 Å². The summed E-state index contributed by atoms with van der Waals surface area (Å²) in [6.45, 7) is 2.21. The summed E-state index contributed by atoms with van der Waals surface area (Å²) in [4.78, 5) is 12.9. The first-order chi connectivity index (χ1) is 10.7. The smallest absolute Gasteiger partial charge is 0.295 e. The van der Waals surface area contributed by atoms with Crippen molar-refractivity contribution in [3.8, 4) is 6.01 Å². The number of hydrogen-bond acceptors (Lipinski definition) is 6. The van der Waals surface area contributed by atoms with Crippen molar-refractivity contribution >= 4 is 27.9 Å². The molecule has 0 amide bonds. The molecule has 1 aliphatic rings. The molecule has 0 unspecified atom stereocenters. The molecule has 3 N–H and O–H groups in total. The summed E-state index contributed by atoms with van der Waals surface area (Å²) < 4.78 is 7.20. The van der Waals surface area contributed by atoms with Gasteiger partial charge in [-0.05, 0) is 30.9 Å². The molecule has 3 aromatic heterocycles. The standard InChI is InChI=1S/C15H17N5O2/c16-14-12-13(11-10(18-14)2-1-5-17-11)20(15(21)19-12)8-9-3-6-22-7-4-9/h1-2,5,9H,3-4,6-8H2,(H2,16,18)(H,19,21). The molecule has 4 heterocycles. The van der Waals surface area contributed by atoms with Crippen LogP contribution in [-0.2, 0) is 11.3 Å². The summed E-state index contributed by atoms with van der Waals surface area (Å²) in [7, 11) is 0. The van der Waals surface area contributed by atoms with E-state index < -0.39 is 0 Å². The van der Waals surface area contributed by atoms with Crippen molar-refractivity contribution in [1.82, 2.24) is 19.5 Å². The highest BCUT2D eigenvalue weighted by atomic mass is 16.5. The lowest BCUT2D eigenvalue weighted by molar-refractivity contribution is 0.0609. The molecule has 0 aliphatic carbocycles. The second-order valence-corrected chi connectivity index (χ2v) is 5.64. The summed E-state index contributed by atoms with van der Waals surface area (Å²) in [5, 5.41) is 10.3. The molecule has 0 aromatic carbocycles. The minimum absolute atomic E-state index is 0.0341. The van der Waals surface area contributed by atoms with Crippen LogP contribution in [-0.4, -0.2) is 37.8 Å². The van der Waals surface area contributed by atoms with E-state index in [4.69, 9.17) is 10.5 Å². The van der Waals surface area contributed by atoms with E-state index in [-0.39, 0.29) is 6.01 Å². The average Bonchev–Trinajstić information content (AvgIpc) is 2.86. The third-order valence-electron chi connectivity index (χ3n) is 4.22. The number of nitrogens with two attached hydrogens (primary N) is 1. The number of aromatic hydroxyl groups is 1. The third-order valence-corrected chi connectivity index (χ3v) is 4.22. The number of anilines is 1. The van der Waals surface area contributed by atoms with Crippen LogP contribution >= 0.6 is 0 Å². The van der Waals surface area contributed by atoms with Crippen molar-refractivity contribution < 1.29 is 9.84 Å². The number of pyridine rings is 2. The maximum Gasteiger partial charge on any atom is 0.295 e. The van der Waals surface area contributed by atoms with Crippen molar-refractivity contribution in [2.24, 2.45) is 5.92 Å². The molecule has 0 spiro atoms. The van der Waals surface area contributed by atoms with E-state index >= 15 is 0 Å². The number of aromatic nitrogens is 4. The lowest BCUT2D eigenvalue weighted by Crippen LogP contribution is -2.20. The van der Waals surface area contributed by atoms with Crippen LogP contribution in [0.1, 0.15) is 12.8 Å². The van der Waals surface area contributed by atoms with Crippen LogP contribution in [0.2, 0.25) is 0 Å². The summed E-state index contributed by atoms with van der Waals surface area (Å²) in [5.41, 5.74) is 8.68. The number of ether oxygens (including phenoxy) is 1. The number of rotatable bonds is 2. The first-order valence-corrected chi connectivity index (χ1v) is 7.41. The van der Waals surface area contributed by atoms with Gasteiger partial charge < -0.3 is 15.6 Å². The zero-order chi connectivity index (χ0) is 15.1. The molecule has 114 valence electrons. The second kappa shape index (κ2) is 5.10. The van der Waals surface area contributed by atoms with Gasteiger partial charge >= 0.3 is 0 Å². The minimum atomic E-state index is -0.0341. The van der Waals surface area contributed by atoms with Crippen LogP contribution < -0.4 is 5.73 Å². The first kappa shape index (κ1) is 13.3. The molecule has 1 aliphatic heterocycles. The Morgan fingerprint density at radius 3 is 2.91 bits per heavy atom. The van der Waals surface area contributed by atoms with Gasteiger partial charge in [0.25, 0.3) is 6.01 Å². The van der Waals surface area contributed by atoms with E-state index in [1.165, 1.54) is 0 Å². The lowest BCUT2D eigenvalue weighted by Gasteiger charge is -2.22. The largest absolute Gasteiger partial charge is 0.480 e. The second-order valence-electron chi connectivity index (χ2n) is 5.64. The highest BCUT2D eigenvalue weighted by Gasteiger charge is 2.21. The van der Waals surface area contributed by atoms with Gasteiger partial charge in [-0.3, -0.25) is 9.55 Å². The Kier molecular flexibility index (Phi) is 3.07. The van der Waals surface area contributed by atoms with E-state index in [0.29, 0.717) is 34.8 Å². The van der Waals surface area contributed by atoms with Gasteiger partial charge in [-0.15, -0.1) is 0 Å². The number of nitrogen functional groups attached to an aromatic ring is 1. The summed E-state index contributed by atoms with van der Waals surface area (Å²) >= 11 is 0. The zero-order valence-electron chi connectivity index (χ0n) is 12.1. The number of imidazole rings is 1. The van der Waals surface area contributed by atoms with E-state index in [2.05, 4.69) is 15.0 Å². The van der Waals surface area contributed by atoms with Crippen molar-refractivity contribution in [2.75, 3.05) is 18.9 Å². The number of hydrogen-bond donors (Lipinski definition) is 2. The summed E-state index contributed by atoms with van der Waals surface area (Å²) in [6.07, 6.45) is 3.67. The molecule has 4 rings (SSSR count). The van der Waals surface area contributed by atoms with Gasteiger partial charge in [0.05, 0.1) is 5.52 Å². The average molecular weight is 299 g/mol. The molecule has 0 atom stereocenters. The van der Waals surface area contributed by atoms with Crippen molar-refractivity contribution in [2.45, 2.75) is 19.4 Å². The Hall–Kier alpha value is -2.41. The van der Waals surface area contributed by atoms with Gasteiger partial charge in [0.15, 0.2) is 5.82 Å². The molecule has 0 bridgehead atoms. The molecule has 7 heteroatoms. The maximum absolute atomic E-state index is 10.3. The quantitative estimate of drug-likeness (QED) is 0.747. The van der Waals surface area contributed by atoms with Crippen LogP contribution in [0.25, 0.3) is 22.1 Å². The third kappa shape index (κ3) is 2.05. The van der Waals surface area contributed by atoms with Crippen molar-refractivity contribution in [1.29, 1.82) is 0 Å². The predicted molar refractivity (Wildman–Crippen MR) is 82.4 cm³/mol. The predicted octanol–water partition coefficient (Wildman–Crippen LogP) is 1.69. The lowest BCUT2D eigenvalue weighted by atomic mass is 10.0. The normalized spacial score (nSPS) is 16.5. The van der Waals surface area contributed by atoms with Gasteiger partial charge in [0.2, 0.25) is 0 Å². The fourth-order valence-corrected chi connectivity index (χ4v) is 3.07. The summed E-state index contributed by atoms with van der Waals surface area (Å²) in [6, 6.07) is 3.65. The molecule has 1 saturated heterocycles. The minimum Gasteiger partial charge on any atom is -0.480 e. The Labute approximate surface area is 126 Å². The Morgan fingerprint density at radius 1 is 1.27 bits per heavy atom. The van der Waals surface area contributed by atoms with Crippen LogP contribution in [0.5, 0.6) is 6.01 Å². The van der Waals surface area contributed by atoms with Crippen LogP contribution in [0.15, 0.2) is 18.3 Å². The fourth-order valence-electron chi connectivity index (χ4n) is 3.07. The van der Waals surface area contributed by atoms with Crippen LogP contribution in [0.4, 0.5) is 5.82 Å². The van der Waals surface area contributed by atoms with Crippen LogP contribution in [0.3, 0.4) is 0 Å². The SMILES string of the molecule is Nc1nc2cccnc2c2c1nc(O)n2CC1CCOCC1. The van der Waals surface area contributed by atoms with E-state index in [1.807, 2.05) is 12.1 Å². The monoisotopic (exact) mass is 299 g/mol. The number of fused-ring (bicyclic) bond motifs is 3. The highest BCUT2D eigenvalue weighted by Crippen LogP contribution is 2.31. The number of nitrogens with zero attached hydrogens (tertiary/aromatic N) is 4. The van der Waals surface area contributed by atoms with Crippen molar-refractivity contribution in [3.63, 3.8) is 0 Å². The Bertz CT molecular complexity index is 839. The summed E-state index contributed by atoms with van der Waals surface area (Å²) in [5.74, 6) is 0.765.